The Hall–Kier alpha value is -1.39. The van der Waals surface area contributed by atoms with E-state index in [2.05, 4.69) is 22.2 Å². The molecule has 100 valence electrons. The van der Waals surface area contributed by atoms with Gasteiger partial charge in [0.15, 0.2) is 11.6 Å². The summed E-state index contributed by atoms with van der Waals surface area (Å²) in [5.74, 6) is 1.50. The van der Waals surface area contributed by atoms with Crippen molar-refractivity contribution in [1.82, 2.24) is 9.97 Å². The standard InChI is InChI=1S/C13H21FN4/c1-9-2-4-10(5-3-9)6-7-16-12-11(14)8-17-13(15)18-12/h8-10H,2-7H2,1H3,(H3,15,16,17,18). The topological polar surface area (TPSA) is 63.8 Å². The highest BCUT2D eigenvalue weighted by atomic mass is 19.1. The minimum Gasteiger partial charge on any atom is -0.368 e. The van der Waals surface area contributed by atoms with Crippen LogP contribution in [0.1, 0.15) is 39.0 Å². The number of nitrogen functional groups attached to an aromatic ring is 1. The van der Waals surface area contributed by atoms with Gasteiger partial charge in [-0.1, -0.05) is 32.6 Å². The lowest BCUT2D eigenvalue weighted by Crippen LogP contribution is -2.16. The molecule has 1 heterocycles. The normalized spacial score (nSPS) is 23.9. The Morgan fingerprint density at radius 2 is 2.11 bits per heavy atom. The van der Waals surface area contributed by atoms with Crippen LogP contribution >= 0.6 is 0 Å². The second kappa shape index (κ2) is 5.98. The molecule has 0 saturated heterocycles. The Morgan fingerprint density at radius 1 is 1.39 bits per heavy atom. The number of anilines is 2. The van der Waals surface area contributed by atoms with E-state index in [1.165, 1.54) is 25.7 Å². The van der Waals surface area contributed by atoms with Crippen molar-refractivity contribution in [2.75, 3.05) is 17.6 Å². The fourth-order valence-corrected chi connectivity index (χ4v) is 2.52. The third-order valence-corrected chi connectivity index (χ3v) is 3.74. The SMILES string of the molecule is CC1CCC(CCNc2nc(N)ncc2F)CC1. The molecule has 1 aromatic heterocycles. The summed E-state index contributed by atoms with van der Waals surface area (Å²) in [7, 11) is 0. The van der Waals surface area contributed by atoms with Gasteiger partial charge in [0.2, 0.25) is 5.95 Å². The van der Waals surface area contributed by atoms with Crippen LogP contribution in [0.15, 0.2) is 6.20 Å². The summed E-state index contributed by atoms with van der Waals surface area (Å²) < 4.78 is 13.3. The maximum Gasteiger partial charge on any atom is 0.222 e. The molecule has 0 amide bonds. The van der Waals surface area contributed by atoms with Gasteiger partial charge in [-0.2, -0.15) is 4.98 Å². The quantitative estimate of drug-likeness (QED) is 0.865. The van der Waals surface area contributed by atoms with Crippen molar-refractivity contribution in [1.29, 1.82) is 0 Å². The van der Waals surface area contributed by atoms with Gasteiger partial charge >= 0.3 is 0 Å². The molecule has 1 aromatic rings. The smallest absolute Gasteiger partial charge is 0.222 e. The molecule has 0 bridgehead atoms. The predicted molar refractivity (Wildman–Crippen MR) is 70.6 cm³/mol. The zero-order valence-electron chi connectivity index (χ0n) is 10.8. The van der Waals surface area contributed by atoms with Crippen LogP contribution in [0.5, 0.6) is 0 Å². The Balaban J connectivity index is 1.76. The van der Waals surface area contributed by atoms with Gasteiger partial charge in [-0.15, -0.1) is 0 Å². The predicted octanol–water partition coefficient (Wildman–Crippen LogP) is 2.83. The molecule has 1 aliphatic rings. The highest BCUT2D eigenvalue weighted by Crippen LogP contribution is 2.30. The maximum absolute atomic E-state index is 13.3. The van der Waals surface area contributed by atoms with E-state index in [9.17, 15) is 4.39 Å². The van der Waals surface area contributed by atoms with Crippen molar-refractivity contribution in [2.45, 2.75) is 39.0 Å². The average molecular weight is 252 g/mol. The Bertz CT molecular complexity index is 389. The van der Waals surface area contributed by atoms with Crippen molar-refractivity contribution in [3.05, 3.63) is 12.0 Å². The maximum atomic E-state index is 13.3. The number of nitrogens with two attached hydrogens (primary N) is 1. The zero-order chi connectivity index (χ0) is 13.0. The van der Waals surface area contributed by atoms with E-state index in [-0.39, 0.29) is 11.8 Å². The van der Waals surface area contributed by atoms with Gasteiger partial charge in [0.05, 0.1) is 6.20 Å². The molecule has 0 radical (unpaired) electrons. The van der Waals surface area contributed by atoms with E-state index in [0.29, 0.717) is 0 Å². The lowest BCUT2D eigenvalue weighted by molar-refractivity contribution is 0.282. The molecule has 0 atom stereocenters. The summed E-state index contributed by atoms with van der Waals surface area (Å²) in [6, 6.07) is 0. The molecule has 0 unspecified atom stereocenters. The summed E-state index contributed by atoms with van der Waals surface area (Å²) in [4.78, 5) is 7.45. The van der Waals surface area contributed by atoms with E-state index < -0.39 is 5.82 Å². The molecule has 1 fully saturated rings. The van der Waals surface area contributed by atoms with Crippen molar-refractivity contribution in [3.8, 4) is 0 Å². The van der Waals surface area contributed by atoms with Crippen LogP contribution in [0.25, 0.3) is 0 Å². The number of aromatic nitrogens is 2. The third kappa shape index (κ3) is 3.55. The number of halogens is 1. The number of nitrogens with one attached hydrogen (secondary N) is 1. The molecular weight excluding hydrogens is 231 g/mol. The van der Waals surface area contributed by atoms with Crippen LogP contribution in [-0.4, -0.2) is 16.5 Å². The molecular formula is C13H21FN4. The van der Waals surface area contributed by atoms with Crippen molar-refractivity contribution < 1.29 is 4.39 Å². The minimum atomic E-state index is -0.443. The van der Waals surface area contributed by atoms with Crippen molar-refractivity contribution in [2.24, 2.45) is 11.8 Å². The Labute approximate surface area is 107 Å². The van der Waals surface area contributed by atoms with Gasteiger partial charge in [0.1, 0.15) is 0 Å². The molecule has 1 aliphatic carbocycles. The number of nitrogens with zero attached hydrogens (tertiary/aromatic N) is 2. The fraction of sp³-hybridized carbons (Fsp3) is 0.692. The van der Waals surface area contributed by atoms with Crippen LogP contribution in [0.3, 0.4) is 0 Å². The molecule has 1 saturated carbocycles. The minimum absolute atomic E-state index is 0.102. The first kappa shape index (κ1) is 13.1. The zero-order valence-corrected chi connectivity index (χ0v) is 10.8. The largest absolute Gasteiger partial charge is 0.368 e. The molecule has 0 aromatic carbocycles. The van der Waals surface area contributed by atoms with Gasteiger partial charge in [-0.3, -0.25) is 0 Å². The number of hydrogen-bond acceptors (Lipinski definition) is 4. The second-order valence-electron chi connectivity index (χ2n) is 5.27. The molecule has 4 nitrogen and oxygen atoms in total. The first-order valence-electron chi connectivity index (χ1n) is 6.67. The van der Waals surface area contributed by atoms with Crippen LogP contribution in [0.4, 0.5) is 16.2 Å². The summed E-state index contributed by atoms with van der Waals surface area (Å²) in [6.45, 7) is 3.06. The summed E-state index contributed by atoms with van der Waals surface area (Å²) in [5.41, 5.74) is 5.43. The number of rotatable bonds is 4. The van der Waals surface area contributed by atoms with Gasteiger partial charge in [0.25, 0.3) is 0 Å². The number of hydrogen-bond donors (Lipinski definition) is 2. The van der Waals surface area contributed by atoms with Crippen LogP contribution in [0, 0.1) is 17.7 Å². The van der Waals surface area contributed by atoms with E-state index in [0.717, 1.165) is 31.0 Å². The molecule has 18 heavy (non-hydrogen) atoms. The average Bonchev–Trinajstić information content (AvgIpc) is 2.36. The van der Waals surface area contributed by atoms with E-state index in [1.54, 1.807) is 0 Å². The van der Waals surface area contributed by atoms with Gasteiger partial charge in [-0.25, -0.2) is 9.37 Å². The van der Waals surface area contributed by atoms with Gasteiger partial charge < -0.3 is 11.1 Å². The summed E-state index contributed by atoms with van der Waals surface area (Å²) in [6.07, 6.45) is 7.39. The van der Waals surface area contributed by atoms with E-state index in [4.69, 9.17) is 5.73 Å². The highest BCUT2D eigenvalue weighted by Gasteiger charge is 2.17. The van der Waals surface area contributed by atoms with Crippen LogP contribution in [0.2, 0.25) is 0 Å². The monoisotopic (exact) mass is 252 g/mol. The highest BCUT2D eigenvalue weighted by molar-refractivity contribution is 5.38. The molecule has 0 spiro atoms. The summed E-state index contributed by atoms with van der Waals surface area (Å²) >= 11 is 0. The van der Waals surface area contributed by atoms with Crippen molar-refractivity contribution >= 4 is 11.8 Å². The molecule has 3 N–H and O–H groups in total. The second-order valence-corrected chi connectivity index (χ2v) is 5.27. The van der Waals surface area contributed by atoms with Crippen LogP contribution < -0.4 is 11.1 Å². The van der Waals surface area contributed by atoms with Crippen molar-refractivity contribution in [3.63, 3.8) is 0 Å². The molecule has 0 aliphatic heterocycles. The van der Waals surface area contributed by atoms with E-state index >= 15 is 0 Å². The summed E-state index contributed by atoms with van der Waals surface area (Å²) in [5, 5.41) is 3.01. The molecule has 2 rings (SSSR count). The fourth-order valence-electron chi connectivity index (χ4n) is 2.52. The van der Waals surface area contributed by atoms with Gasteiger partial charge in [0, 0.05) is 6.54 Å². The Kier molecular flexibility index (Phi) is 4.33. The van der Waals surface area contributed by atoms with Gasteiger partial charge in [-0.05, 0) is 18.3 Å². The van der Waals surface area contributed by atoms with E-state index in [1.807, 2.05) is 0 Å². The molecule has 5 heteroatoms. The first-order chi connectivity index (χ1) is 8.65. The lowest BCUT2D eigenvalue weighted by atomic mass is 9.81. The third-order valence-electron chi connectivity index (χ3n) is 3.74. The van der Waals surface area contributed by atoms with Crippen LogP contribution in [-0.2, 0) is 0 Å². The first-order valence-corrected chi connectivity index (χ1v) is 6.67. The Morgan fingerprint density at radius 3 is 2.83 bits per heavy atom. The lowest BCUT2D eigenvalue weighted by Gasteiger charge is -2.26.